The molecule has 2 aromatic rings. The number of ether oxygens (including phenoxy) is 2. The molecule has 2 aromatic carbocycles. The molecule has 6 nitrogen and oxygen atoms in total. The second-order valence-electron chi connectivity index (χ2n) is 7.07. The van der Waals surface area contributed by atoms with E-state index in [2.05, 4.69) is 0 Å². The van der Waals surface area contributed by atoms with Gasteiger partial charge in [-0.05, 0) is 35.7 Å². The Morgan fingerprint density at radius 3 is 2.67 bits per heavy atom. The Balaban J connectivity index is 1.54. The molecule has 0 bridgehead atoms. The molecule has 0 aromatic heterocycles. The third-order valence-electron chi connectivity index (χ3n) is 5.42. The summed E-state index contributed by atoms with van der Waals surface area (Å²) in [6.07, 6.45) is 0.285. The third-order valence-corrected chi connectivity index (χ3v) is 5.42. The van der Waals surface area contributed by atoms with Gasteiger partial charge in [0.15, 0.2) is 11.5 Å². The van der Waals surface area contributed by atoms with Crippen molar-refractivity contribution in [2.24, 2.45) is 5.92 Å². The number of fused-ring (bicyclic) bond motifs is 1. The lowest BCUT2D eigenvalue weighted by Gasteiger charge is -2.17. The number of hydrogen-bond donors (Lipinski definition) is 1. The highest BCUT2D eigenvalue weighted by molar-refractivity contribution is 5.81. The molecule has 2 aliphatic heterocycles. The first-order chi connectivity index (χ1) is 13.0. The van der Waals surface area contributed by atoms with Crippen LogP contribution in [-0.4, -0.2) is 41.8 Å². The van der Waals surface area contributed by atoms with Crippen molar-refractivity contribution in [3.05, 3.63) is 59.2 Å². The molecule has 0 aliphatic carbocycles. The van der Waals surface area contributed by atoms with E-state index in [0.717, 1.165) is 16.7 Å². The predicted molar refractivity (Wildman–Crippen MR) is 97.9 cm³/mol. The summed E-state index contributed by atoms with van der Waals surface area (Å²) in [5.74, 6) is -0.538. The molecule has 2 heterocycles. The van der Waals surface area contributed by atoms with E-state index in [1.54, 1.807) is 11.0 Å². The lowest BCUT2D eigenvalue weighted by atomic mass is 9.89. The lowest BCUT2D eigenvalue weighted by molar-refractivity contribution is -0.141. The molecule has 2 atom stereocenters. The van der Waals surface area contributed by atoms with Gasteiger partial charge in [-0.2, -0.15) is 0 Å². The Morgan fingerprint density at radius 2 is 1.89 bits per heavy atom. The van der Waals surface area contributed by atoms with E-state index in [9.17, 15) is 14.7 Å². The van der Waals surface area contributed by atoms with Crippen LogP contribution in [0.25, 0.3) is 0 Å². The predicted octanol–water partition coefficient (Wildman–Crippen LogP) is 2.59. The van der Waals surface area contributed by atoms with Crippen LogP contribution in [0, 0.1) is 12.8 Å². The molecule has 1 fully saturated rings. The molecule has 1 N–H and O–H groups in total. The second kappa shape index (κ2) is 6.95. The van der Waals surface area contributed by atoms with E-state index in [1.807, 2.05) is 43.3 Å². The van der Waals surface area contributed by atoms with Gasteiger partial charge < -0.3 is 19.5 Å². The van der Waals surface area contributed by atoms with Crippen molar-refractivity contribution in [1.82, 2.24) is 4.90 Å². The van der Waals surface area contributed by atoms with E-state index in [-0.39, 0.29) is 31.6 Å². The van der Waals surface area contributed by atoms with Crippen LogP contribution in [0.2, 0.25) is 0 Å². The number of hydrogen-bond acceptors (Lipinski definition) is 4. The molecule has 0 spiro atoms. The van der Waals surface area contributed by atoms with Crippen LogP contribution < -0.4 is 9.47 Å². The van der Waals surface area contributed by atoms with Gasteiger partial charge in [0.2, 0.25) is 12.7 Å². The van der Waals surface area contributed by atoms with Gasteiger partial charge >= 0.3 is 5.97 Å². The summed E-state index contributed by atoms with van der Waals surface area (Å²) in [4.78, 5) is 26.3. The minimum Gasteiger partial charge on any atom is -0.481 e. The van der Waals surface area contributed by atoms with Crippen molar-refractivity contribution < 1.29 is 24.2 Å². The standard InChI is InChI=1S/C21H21NO5/c1-13-4-2-3-5-14(13)9-20(23)22-10-16(17(11-22)21(24)25)15-6-7-18-19(8-15)27-12-26-18/h2-8,16-17H,9-12H2,1H3,(H,24,25)/t16-,17+/m0/s1. The summed E-state index contributed by atoms with van der Waals surface area (Å²) in [5, 5.41) is 9.68. The van der Waals surface area contributed by atoms with Crippen LogP contribution in [0.3, 0.4) is 0 Å². The van der Waals surface area contributed by atoms with E-state index in [0.29, 0.717) is 18.0 Å². The highest BCUT2D eigenvalue weighted by atomic mass is 16.7. The molecule has 1 saturated heterocycles. The summed E-state index contributed by atoms with van der Waals surface area (Å²) in [7, 11) is 0. The van der Waals surface area contributed by atoms with Crippen LogP contribution in [0.5, 0.6) is 11.5 Å². The number of carboxylic acids is 1. The van der Waals surface area contributed by atoms with Gasteiger partial charge in [-0.3, -0.25) is 9.59 Å². The van der Waals surface area contributed by atoms with Crippen molar-refractivity contribution in [2.45, 2.75) is 19.3 Å². The summed E-state index contributed by atoms with van der Waals surface area (Å²) < 4.78 is 10.7. The highest BCUT2D eigenvalue weighted by Crippen LogP contribution is 2.39. The number of likely N-dealkylation sites (tertiary alicyclic amines) is 1. The fraction of sp³-hybridized carbons (Fsp3) is 0.333. The van der Waals surface area contributed by atoms with Crippen LogP contribution in [0.1, 0.15) is 22.6 Å². The first kappa shape index (κ1) is 17.4. The largest absolute Gasteiger partial charge is 0.481 e. The zero-order chi connectivity index (χ0) is 19.0. The number of carboxylic acid groups (broad SMARTS) is 1. The zero-order valence-corrected chi connectivity index (χ0v) is 15.1. The number of aliphatic carboxylic acids is 1. The summed E-state index contributed by atoms with van der Waals surface area (Å²) in [6, 6.07) is 13.3. The van der Waals surface area contributed by atoms with Crippen molar-refractivity contribution in [3.8, 4) is 11.5 Å². The molecular formula is C21H21NO5. The molecule has 4 rings (SSSR count). The second-order valence-corrected chi connectivity index (χ2v) is 7.07. The average molecular weight is 367 g/mol. The van der Waals surface area contributed by atoms with Gasteiger partial charge in [-0.25, -0.2) is 0 Å². The van der Waals surface area contributed by atoms with E-state index in [4.69, 9.17) is 9.47 Å². The Morgan fingerprint density at radius 1 is 1.11 bits per heavy atom. The normalized spacial score (nSPS) is 20.7. The van der Waals surface area contributed by atoms with Gasteiger partial charge in [0.05, 0.1) is 12.3 Å². The monoisotopic (exact) mass is 367 g/mol. The maximum absolute atomic E-state index is 12.8. The van der Waals surface area contributed by atoms with Gasteiger partial charge in [0.1, 0.15) is 0 Å². The summed E-state index contributed by atoms with van der Waals surface area (Å²) in [5.41, 5.74) is 2.89. The number of benzene rings is 2. The maximum atomic E-state index is 12.8. The molecule has 0 unspecified atom stereocenters. The SMILES string of the molecule is Cc1ccccc1CC(=O)N1C[C@@H](C(=O)O)[C@H](c2ccc3c(c2)OCO3)C1. The number of nitrogens with zero attached hydrogens (tertiary/aromatic N) is 1. The first-order valence-corrected chi connectivity index (χ1v) is 8.97. The van der Waals surface area contributed by atoms with E-state index in [1.165, 1.54) is 0 Å². The zero-order valence-electron chi connectivity index (χ0n) is 15.1. The summed E-state index contributed by atoms with van der Waals surface area (Å²) >= 11 is 0. The Bertz CT molecular complexity index is 894. The quantitative estimate of drug-likeness (QED) is 0.899. The van der Waals surface area contributed by atoms with Crippen molar-refractivity contribution in [3.63, 3.8) is 0 Å². The molecule has 27 heavy (non-hydrogen) atoms. The van der Waals surface area contributed by atoms with Crippen LogP contribution in [0.15, 0.2) is 42.5 Å². The molecule has 140 valence electrons. The van der Waals surface area contributed by atoms with Crippen molar-refractivity contribution in [1.29, 1.82) is 0 Å². The molecule has 0 saturated carbocycles. The van der Waals surface area contributed by atoms with Crippen molar-refractivity contribution in [2.75, 3.05) is 19.9 Å². The topological polar surface area (TPSA) is 76.1 Å². The average Bonchev–Trinajstić information content (AvgIpc) is 3.29. The number of carbonyl (C=O) groups is 2. The minimum atomic E-state index is -0.885. The molecule has 1 amide bonds. The van der Waals surface area contributed by atoms with Crippen molar-refractivity contribution >= 4 is 11.9 Å². The smallest absolute Gasteiger partial charge is 0.308 e. The lowest BCUT2D eigenvalue weighted by Crippen LogP contribution is -2.31. The Labute approximate surface area is 157 Å². The fourth-order valence-corrected chi connectivity index (χ4v) is 3.82. The molecule has 6 heteroatoms. The van der Waals surface area contributed by atoms with Crippen LogP contribution in [0.4, 0.5) is 0 Å². The molecule has 2 aliphatic rings. The minimum absolute atomic E-state index is 0.0428. The van der Waals surface area contributed by atoms with Gasteiger partial charge in [0.25, 0.3) is 0 Å². The number of amides is 1. The number of carbonyl (C=O) groups excluding carboxylic acids is 1. The highest BCUT2D eigenvalue weighted by Gasteiger charge is 2.40. The summed E-state index contributed by atoms with van der Waals surface area (Å²) in [6.45, 7) is 2.76. The van der Waals surface area contributed by atoms with Gasteiger partial charge in [0, 0.05) is 19.0 Å². The Hall–Kier alpha value is -3.02. The van der Waals surface area contributed by atoms with E-state index < -0.39 is 11.9 Å². The fourth-order valence-electron chi connectivity index (χ4n) is 3.82. The molecular weight excluding hydrogens is 346 g/mol. The van der Waals surface area contributed by atoms with Crippen LogP contribution in [-0.2, 0) is 16.0 Å². The number of rotatable bonds is 4. The van der Waals surface area contributed by atoms with Gasteiger partial charge in [-0.1, -0.05) is 30.3 Å². The van der Waals surface area contributed by atoms with Crippen LogP contribution >= 0.6 is 0 Å². The molecule has 0 radical (unpaired) electrons. The first-order valence-electron chi connectivity index (χ1n) is 8.97. The third kappa shape index (κ3) is 3.35. The van der Waals surface area contributed by atoms with Gasteiger partial charge in [-0.15, -0.1) is 0 Å². The Kier molecular flexibility index (Phi) is 4.48. The maximum Gasteiger partial charge on any atom is 0.308 e. The number of aryl methyl sites for hydroxylation is 1. The van der Waals surface area contributed by atoms with E-state index >= 15 is 0 Å².